The van der Waals surface area contributed by atoms with Crippen molar-refractivity contribution in [2.75, 3.05) is 19.5 Å². The summed E-state index contributed by atoms with van der Waals surface area (Å²) in [7, 11) is 0. The molecule has 1 fully saturated rings. The monoisotopic (exact) mass is 391 g/mol. The Morgan fingerprint density at radius 3 is 2.68 bits per heavy atom. The number of amidine groups is 1. The van der Waals surface area contributed by atoms with Gasteiger partial charge in [-0.3, -0.25) is 0 Å². The van der Waals surface area contributed by atoms with Crippen LogP contribution >= 0.6 is 22.8 Å². The molecule has 2 rings (SSSR count). The fourth-order valence-corrected chi connectivity index (χ4v) is 3.67. The van der Waals surface area contributed by atoms with E-state index in [2.05, 4.69) is 47.1 Å². The third kappa shape index (κ3) is 3.84. The van der Waals surface area contributed by atoms with Crippen LogP contribution in [0.3, 0.4) is 0 Å². The molecule has 22 heavy (non-hydrogen) atoms. The van der Waals surface area contributed by atoms with E-state index in [9.17, 15) is 10.2 Å². The number of aliphatic imine (C=N–C) groups is 1. The Morgan fingerprint density at radius 2 is 2.09 bits per heavy atom. The standard InChI is InChI=1S/C14H23BrN3O3P/c1-8-17-13(16)9(15)7-18(8)14-12(20)11(19)10(21-14)5-6-22(2,3)4/h7,10-12,14,19-20H,1-2,5-6H2,3-4H3,(H2,16,17)/t10-,11-,12?,14-/m1/s1. The summed E-state index contributed by atoms with van der Waals surface area (Å²) in [6.45, 7) is 6.86. The maximum absolute atomic E-state index is 10.3. The van der Waals surface area contributed by atoms with Crippen LogP contribution in [0.1, 0.15) is 6.42 Å². The van der Waals surface area contributed by atoms with E-state index in [1.54, 1.807) is 11.1 Å². The summed E-state index contributed by atoms with van der Waals surface area (Å²) < 4.78 is 6.44. The summed E-state index contributed by atoms with van der Waals surface area (Å²) in [6, 6.07) is 0. The molecule has 0 bridgehead atoms. The Morgan fingerprint density at radius 1 is 1.45 bits per heavy atom. The Hall–Kier alpha value is -0.590. The molecule has 2 aliphatic heterocycles. The average molecular weight is 392 g/mol. The van der Waals surface area contributed by atoms with E-state index < -0.39 is 31.4 Å². The van der Waals surface area contributed by atoms with Gasteiger partial charge in [-0.15, -0.1) is 13.2 Å². The van der Waals surface area contributed by atoms with Crippen LogP contribution in [0.4, 0.5) is 0 Å². The van der Waals surface area contributed by atoms with Gasteiger partial charge in [-0.05, 0) is 41.8 Å². The summed E-state index contributed by atoms with van der Waals surface area (Å²) in [5, 5.41) is 20.5. The minimum atomic E-state index is -1.21. The second kappa shape index (κ2) is 6.49. The highest BCUT2D eigenvalue weighted by Crippen LogP contribution is 2.39. The van der Waals surface area contributed by atoms with Gasteiger partial charge in [0.25, 0.3) is 0 Å². The number of ether oxygens (including phenoxy) is 1. The third-order valence-corrected chi connectivity index (χ3v) is 5.75. The van der Waals surface area contributed by atoms with Gasteiger partial charge in [0.05, 0.1) is 10.6 Å². The van der Waals surface area contributed by atoms with Crippen LogP contribution in [0.25, 0.3) is 0 Å². The zero-order valence-corrected chi connectivity index (χ0v) is 15.3. The lowest BCUT2D eigenvalue weighted by Crippen LogP contribution is -2.42. The van der Waals surface area contributed by atoms with Crippen molar-refractivity contribution in [2.45, 2.75) is 31.0 Å². The molecular formula is C14H23BrN3O3P. The van der Waals surface area contributed by atoms with Crippen LogP contribution in [0.2, 0.25) is 0 Å². The van der Waals surface area contributed by atoms with Crippen molar-refractivity contribution in [3.8, 4) is 0 Å². The molecule has 0 radical (unpaired) electrons. The molecule has 1 saturated heterocycles. The second-order valence-electron chi connectivity index (χ2n) is 6.29. The Bertz CT molecular complexity index is 572. The van der Waals surface area contributed by atoms with Crippen LogP contribution in [-0.2, 0) is 4.74 Å². The number of nitrogens with zero attached hydrogens (tertiary/aromatic N) is 2. The molecule has 0 aromatic rings. The smallest absolute Gasteiger partial charge is 0.164 e. The molecule has 0 aromatic carbocycles. The van der Waals surface area contributed by atoms with Crippen molar-refractivity contribution < 1.29 is 14.9 Å². The first-order valence-corrected chi connectivity index (χ1v) is 10.8. The molecule has 0 aromatic heterocycles. The van der Waals surface area contributed by atoms with Crippen molar-refractivity contribution in [2.24, 2.45) is 10.7 Å². The zero-order valence-electron chi connectivity index (χ0n) is 12.8. The SMILES string of the molecule is C=C1N=C(N)C(Br)=CN1[C@@H]1O[C@H](CCP(=C)(C)C)[C@@H](O)C1O. The van der Waals surface area contributed by atoms with Gasteiger partial charge in [0.15, 0.2) is 6.23 Å². The lowest BCUT2D eigenvalue weighted by molar-refractivity contribution is -0.0578. The largest absolute Gasteiger partial charge is 0.388 e. The number of rotatable bonds is 4. The number of halogens is 1. The fourth-order valence-electron chi connectivity index (χ4n) is 2.41. The van der Waals surface area contributed by atoms with Crippen molar-refractivity contribution in [1.29, 1.82) is 0 Å². The molecule has 4 atom stereocenters. The predicted molar refractivity (Wildman–Crippen MR) is 95.7 cm³/mol. The van der Waals surface area contributed by atoms with E-state index in [4.69, 9.17) is 10.5 Å². The Balaban J connectivity index is 2.10. The fraction of sp³-hybridized carbons (Fsp3) is 0.571. The highest BCUT2D eigenvalue weighted by Gasteiger charge is 2.45. The lowest BCUT2D eigenvalue weighted by Gasteiger charge is -2.31. The van der Waals surface area contributed by atoms with E-state index >= 15 is 0 Å². The first kappa shape index (κ1) is 17.8. The van der Waals surface area contributed by atoms with Crippen molar-refractivity contribution in [3.05, 3.63) is 23.1 Å². The van der Waals surface area contributed by atoms with E-state index in [0.29, 0.717) is 22.6 Å². The van der Waals surface area contributed by atoms with Crippen LogP contribution in [0.15, 0.2) is 28.1 Å². The van der Waals surface area contributed by atoms with Gasteiger partial charge < -0.3 is 25.6 Å². The molecule has 0 saturated carbocycles. The van der Waals surface area contributed by atoms with Crippen molar-refractivity contribution >= 4 is 35.0 Å². The number of aliphatic hydroxyl groups is 2. The van der Waals surface area contributed by atoms with Gasteiger partial charge in [-0.1, -0.05) is 6.58 Å². The van der Waals surface area contributed by atoms with Gasteiger partial charge >= 0.3 is 0 Å². The van der Waals surface area contributed by atoms with Crippen molar-refractivity contribution in [3.63, 3.8) is 0 Å². The van der Waals surface area contributed by atoms with E-state index in [1.165, 1.54) is 0 Å². The summed E-state index contributed by atoms with van der Waals surface area (Å²) in [4.78, 5) is 5.68. The highest BCUT2D eigenvalue weighted by atomic mass is 79.9. The first-order chi connectivity index (χ1) is 10.1. The average Bonchev–Trinajstić information content (AvgIpc) is 2.68. The predicted octanol–water partition coefficient (Wildman–Crippen LogP) is 0.913. The summed E-state index contributed by atoms with van der Waals surface area (Å²) in [5.74, 6) is 0.678. The molecule has 124 valence electrons. The molecule has 2 aliphatic rings. The molecule has 0 amide bonds. The van der Waals surface area contributed by atoms with Crippen LogP contribution in [0.5, 0.6) is 0 Å². The normalized spacial score (nSPS) is 33.0. The molecule has 0 aliphatic carbocycles. The van der Waals surface area contributed by atoms with E-state index in [1.807, 2.05) is 0 Å². The highest BCUT2D eigenvalue weighted by molar-refractivity contribution is 9.12. The molecule has 8 heteroatoms. The maximum atomic E-state index is 10.3. The molecular weight excluding hydrogens is 369 g/mol. The molecule has 2 heterocycles. The van der Waals surface area contributed by atoms with Crippen LogP contribution < -0.4 is 5.73 Å². The minimum Gasteiger partial charge on any atom is -0.388 e. The van der Waals surface area contributed by atoms with Gasteiger partial charge in [0.1, 0.15) is 23.9 Å². The van der Waals surface area contributed by atoms with Gasteiger partial charge in [0, 0.05) is 6.20 Å². The maximum Gasteiger partial charge on any atom is 0.164 e. The first-order valence-electron chi connectivity index (χ1n) is 6.98. The van der Waals surface area contributed by atoms with Crippen LogP contribution in [-0.4, -0.2) is 71.3 Å². The van der Waals surface area contributed by atoms with E-state index in [-0.39, 0.29) is 0 Å². The summed E-state index contributed by atoms with van der Waals surface area (Å²) in [6.07, 6.45) is 4.22. The zero-order chi connectivity index (χ0) is 16.7. The molecule has 6 nitrogen and oxygen atoms in total. The Kier molecular flexibility index (Phi) is 5.24. The number of hydrogen-bond donors (Lipinski definition) is 3. The summed E-state index contributed by atoms with van der Waals surface area (Å²) in [5.41, 5.74) is 5.71. The molecule has 1 unspecified atom stereocenters. The second-order valence-corrected chi connectivity index (χ2v) is 11.5. The number of hydrogen-bond acceptors (Lipinski definition) is 6. The molecule has 0 spiro atoms. The Labute approximate surface area is 139 Å². The number of aliphatic hydroxyl groups excluding tert-OH is 2. The lowest BCUT2D eigenvalue weighted by atomic mass is 10.1. The quantitative estimate of drug-likeness (QED) is 0.619. The van der Waals surface area contributed by atoms with Crippen molar-refractivity contribution in [1.82, 2.24) is 4.90 Å². The van der Waals surface area contributed by atoms with Gasteiger partial charge in [0.2, 0.25) is 0 Å². The molecule has 4 N–H and O–H groups in total. The summed E-state index contributed by atoms with van der Waals surface area (Å²) >= 11 is 3.29. The van der Waals surface area contributed by atoms with Gasteiger partial charge in [-0.25, -0.2) is 4.99 Å². The number of nitrogens with two attached hydrogens (primary N) is 1. The topological polar surface area (TPSA) is 91.3 Å². The van der Waals surface area contributed by atoms with E-state index in [0.717, 1.165) is 6.16 Å². The minimum absolute atomic E-state index is 0.314. The van der Waals surface area contributed by atoms with Crippen LogP contribution in [0, 0.1) is 0 Å². The third-order valence-electron chi connectivity index (χ3n) is 3.67. The van der Waals surface area contributed by atoms with Gasteiger partial charge in [-0.2, -0.15) is 0 Å².